The standard InChI is InChI=1S/C13H24N2O4/c1-11(12(17)18)7-6-9-15-13(19)14-8-4-2-3-5-10-16/h7,16H,2-6,8-10H2,1H3,(H,17,18)(H2,14,15,19)/b11-7+. The second kappa shape index (κ2) is 11.5. The monoisotopic (exact) mass is 272 g/mol. The highest BCUT2D eigenvalue weighted by atomic mass is 16.4. The molecule has 6 heteroatoms. The first-order valence-electron chi connectivity index (χ1n) is 6.60. The van der Waals surface area contributed by atoms with Crippen LogP contribution in [-0.4, -0.2) is 41.9 Å². The molecule has 19 heavy (non-hydrogen) atoms. The maximum atomic E-state index is 11.3. The molecule has 0 aliphatic carbocycles. The van der Waals surface area contributed by atoms with Crippen molar-refractivity contribution in [1.82, 2.24) is 10.6 Å². The van der Waals surface area contributed by atoms with Crippen molar-refractivity contribution in [2.24, 2.45) is 0 Å². The van der Waals surface area contributed by atoms with Gasteiger partial charge >= 0.3 is 12.0 Å². The fourth-order valence-corrected chi connectivity index (χ4v) is 1.42. The van der Waals surface area contributed by atoms with Gasteiger partial charge in [0.1, 0.15) is 0 Å². The maximum absolute atomic E-state index is 11.3. The number of unbranched alkanes of at least 4 members (excludes halogenated alkanes) is 3. The molecule has 110 valence electrons. The molecule has 0 heterocycles. The van der Waals surface area contributed by atoms with Crippen LogP contribution in [0.1, 0.15) is 39.0 Å². The summed E-state index contributed by atoms with van der Waals surface area (Å²) >= 11 is 0. The molecule has 0 saturated heterocycles. The van der Waals surface area contributed by atoms with Crippen molar-refractivity contribution in [2.75, 3.05) is 19.7 Å². The first kappa shape index (κ1) is 17.4. The van der Waals surface area contributed by atoms with E-state index in [-0.39, 0.29) is 18.2 Å². The van der Waals surface area contributed by atoms with Gasteiger partial charge < -0.3 is 20.8 Å². The molecule has 0 atom stereocenters. The molecule has 0 spiro atoms. The molecule has 0 aliphatic heterocycles. The van der Waals surface area contributed by atoms with E-state index in [0.29, 0.717) is 19.5 Å². The molecular weight excluding hydrogens is 248 g/mol. The third kappa shape index (κ3) is 11.3. The molecule has 0 radical (unpaired) electrons. The van der Waals surface area contributed by atoms with Gasteiger partial charge in [-0.3, -0.25) is 0 Å². The first-order valence-corrected chi connectivity index (χ1v) is 6.60. The topological polar surface area (TPSA) is 98.7 Å². The maximum Gasteiger partial charge on any atom is 0.330 e. The summed E-state index contributed by atoms with van der Waals surface area (Å²) in [7, 11) is 0. The second-order valence-electron chi connectivity index (χ2n) is 4.30. The molecule has 0 aromatic rings. The Morgan fingerprint density at radius 3 is 2.32 bits per heavy atom. The van der Waals surface area contributed by atoms with Gasteiger partial charge in [0.2, 0.25) is 0 Å². The number of carbonyl (C=O) groups excluding carboxylic acids is 1. The summed E-state index contributed by atoms with van der Waals surface area (Å²) in [6.45, 7) is 2.77. The molecule has 0 aromatic heterocycles. The van der Waals surface area contributed by atoms with E-state index in [1.807, 2.05) is 0 Å². The number of urea groups is 1. The third-order valence-corrected chi connectivity index (χ3v) is 2.59. The van der Waals surface area contributed by atoms with E-state index in [0.717, 1.165) is 25.7 Å². The Bertz CT molecular complexity index is 303. The zero-order valence-electron chi connectivity index (χ0n) is 11.4. The molecule has 4 N–H and O–H groups in total. The average molecular weight is 272 g/mol. The van der Waals surface area contributed by atoms with Crippen molar-refractivity contribution in [2.45, 2.75) is 39.0 Å². The van der Waals surface area contributed by atoms with Crippen LogP contribution in [0.4, 0.5) is 4.79 Å². The van der Waals surface area contributed by atoms with Crippen LogP contribution in [0.15, 0.2) is 11.6 Å². The molecular formula is C13H24N2O4. The molecule has 0 bridgehead atoms. The van der Waals surface area contributed by atoms with Crippen molar-refractivity contribution in [3.05, 3.63) is 11.6 Å². The molecule has 0 unspecified atom stereocenters. The lowest BCUT2D eigenvalue weighted by Crippen LogP contribution is -2.36. The largest absolute Gasteiger partial charge is 0.478 e. The number of aliphatic hydroxyl groups excluding tert-OH is 1. The van der Waals surface area contributed by atoms with Gasteiger partial charge in [-0.05, 0) is 26.2 Å². The average Bonchev–Trinajstić information content (AvgIpc) is 2.38. The van der Waals surface area contributed by atoms with Crippen LogP contribution in [0.5, 0.6) is 0 Å². The van der Waals surface area contributed by atoms with E-state index >= 15 is 0 Å². The smallest absolute Gasteiger partial charge is 0.330 e. The van der Waals surface area contributed by atoms with Gasteiger partial charge in [0, 0.05) is 25.3 Å². The van der Waals surface area contributed by atoms with Crippen LogP contribution in [0.2, 0.25) is 0 Å². The lowest BCUT2D eigenvalue weighted by molar-refractivity contribution is -0.132. The fraction of sp³-hybridized carbons (Fsp3) is 0.692. The van der Waals surface area contributed by atoms with Crippen LogP contribution in [0.3, 0.4) is 0 Å². The Morgan fingerprint density at radius 1 is 1.05 bits per heavy atom. The number of aliphatic hydroxyl groups is 1. The molecule has 0 aromatic carbocycles. The van der Waals surface area contributed by atoms with E-state index < -0.39 is 5.97 Å². The predicted molar refractivity (Wildman–Crippen MR) is 73.0 cm³/mol. The van der Waals surface area contributed by atoms with E-state index in [4.69, 9.17) is 10.2 Å². The van der Waals surface area contributed by atoms with E-state index in [1.165, 1.54) is 6.92 Å². The molecule has 0 aliphatic rings. The van der Waals surface area contributed by atoms with E-state index in [9.17, 15) is 9.59 Å². The number of amides is 2. The first-order chi connectivity index (χ1) is 9.07. The van der Waals surface area contributed by atoms with Crippen molar-refractivity contribution in [3.8, 4) is 0 Å². The Morgan fingerprint density at radius 2 is 1.68 bits per heavy atom. The predicted octanol–water partition coefficient (Wildman–Crippen LogP) is 1.26. The Balaban J connectivity index is 3.45. The second-order valence-corrected chi connectivity index (χ2v) is 4.30. The minimum Gasteiger partial charge on any atom is -0.478 e. The Hall–Kier alpha value is -1.56. The van der Waals surface area contributed by atoms with Crippen LogP contribution >= 0.6 is 0 Å². The molecule has 2 amide bonds. The normalized spacial score (nSPS) is 11.2. The van der Waals surface area contributed by atoms with Crippen molar-refractivity contribution >= 4 is 12.0 Å². The number of carboxylic acid groups (broad SMARTS) is 1. The minimum absolute atomic E-state index is 0.219. The highest BCUT2D eigenvalue weighted by molar-refractivity contribution is 5.85. The summed E-state index contributed by atoms with van der Waals surface area (Å²) in [5.41, 5.74) is 0.283. The third-order valence-electron chi connectivity index (χ3n) is 2.59. The minimum atomic E-state index is -0.938. The molecule has 6 nitrogen and oxygen atoms in total. The number of carbonyl (C=O) groups is 2. The summed E-state index contributed by atoms with van der Waals surface area (Å²) in [6.07, 6.45) is 5.74. The van der Waals surface area contributed by atoms with Gasteiger partial charge in [-0.25, -0.2) is 9.59 Å². The number of rotatable bonds is 10. The molecule has 0 saturated carbocycles. The molecule has 0 fully saturated rings. The summed E-state index contributed by atoms with van der Waals surface area (Å²) in [6, 6.07) is -0.233. The Labute approximate surface area is 113 Å². The highest BCUT2D eigenvalue weighted by Crippen LogP contribution is 1.97. The van der Waals surface area contributed by atoms with Gasteiger partial charge in [-0.2, -0.15) is 0 Å². The van der Waals surface area contributed by atoms with Crippen LogP contribution in [0, 0.1) is 0 Å². The zero-order valence-corrected chi connectivity index (χ0v) is 11.4. The fourth-order valence-electron chi connectivity index (χ4n) is 1.42. The van der Waals surface area contributed by atoms with Crippen LogP contribution < -0.4 is 10.6 Å². The van der Waals surface area contributed by atoms with E-state index in [1.54, 1.807) is 6.08 Å². The number of nitrogens with one attached hydrogen (secondary N) is 2. The van der Waals surface area contributed by atoms with Gasteiger partial charge in [0.25, 0.3) is 0 Å². The summed E-state index contributed by atoms with van der Waals surface area (Å²) in [5, 5.41) is 22.6. The number of carboxylic acids is 1. The van der Waals surface area contributed by atoms with Gasteiger partial charge in [0.05, 0.1) is 0 Å². The van der Waals surface area contributed by atoms with E-state index in [2.05, 4.69) is 10.6 Å². The van der Waals surface area contributed by atoms with Crippen molar-refractivity contribution in [3.63, 3.8) is 0 Å². The quantitative estimate of drug-likeness (QED) is 0.355. The van der Waals surface area contributed by atoms with Crippen LogP contribution in [-0.2, 0) is 4.79 Å². The lowest BCUT2D eigenvalue weighted by Gasteiger charge is -2.06. The lowest BCUT2D eigenvalue weighted by atomic mass is 10.2. The van der Waals surface area contributed by atoms with Crippen molar-refractivity contribution in [1.29, 1.82) is 0 Å². The van der Waals surface area contributed by atoms with Crippen LogP contribution in [0.25, 0.3) is 0 Å². The summed E-state index contributed by atoms with van der Waals surface area (Å²) < 4.78 is 0. The van der Waals surface area contributed by atoms with Gasteiger partial charge in [-0.1, -0.05) is 18.9 Å². The Kier molecular flexibility index (Phi) is 10.6. The number of aliphatic carboxylic acids is 1. The van der Waals surface area contributed by atoms with Gasteiger partial charge in [-0.15, -0.1) is 0 Å². The number of hydrogen-bond donors (Lipinski definition) is 4. The van der Waals surface area contributed by atoms with Crippen molar-refractivity contribution < 1.29 is 19.8 Å². The number of hydrogen-bond acceptors (Lipinski definition) is 3. The molecule has 0 rings (SSSR count). The summed E-state index contributed by atoms with van der Waals surface area (Å²) in [4.78, 5) is 21.8. The summed E-state index contributed by atoms with van der Waals surface area (Å²) in [5.74, 6) is -0.938. The zero-order chi connectivity index (χ0) is 14.5. The highest BCUT2D eigenvalue weighted by Gasteiger charge is 2.00. The SMILES string of the molecule is C/C(=C\CCNC(=O)NCCCCCCO)C(=O)O. The van der Waals surface area contributed by atoms with Gasteiger partial charge in [0.15, 0.2) is 0 Å².